The molecule has 2 heterocycles. The van der Waals surface area contributed by atoms with Crippen molar-refractivity contribution in [2.24, 2.45) is 5.92 Å². The third kappa shape index (κ3) is 3.74. The molecule has 4 rings (SSSR count). The van der Waals surface area contributed by atoms with Gasteiger partial charge in [0.25, 0.3) is 0 Å². The van der Waals surface area contributed by atoms with Crippen molar-refractivity contribution in [1.82, 2.24) is 4.98 Å². The van der Waals surface area contributed by atoms with Crippen LogP contribution in [0.4, 0.5) is 18.9 Å². The SMILES string of the molecule is Oc1ccc(N2CCC(Cc3cccc(C(F)(F)F)c3)CC2)c2ncsc12. The second-order valence-electron chi connectivity index (χ2n) is 6.97. The number of phenolic OH excluding ortho intramolecular Hbond substituents is 1. The summed E-state index contributed by atoms with van der Waals surface area (Å²) in [5, 5.41) is 9.94. The zero-order valence-electron chi connectivity index (χ0n) is 14.5. The Morgan fingerprint density at radius 1 is 1.15 bits per heavy atom. The summed E-state index contributed by atoms with van der Waals surface area (Å²) >= 11 is 1.42. The smallest absolute Gasteiger partial charge is 0.416 e. The molecule has 7 heteroatoms. The molecule has 0 amide bonds. The molecule has 3 aromatic rings. The number of anilines is 1. The Balaban J connectivity index is 1.43. The maximum absolute atomic E-state index is 12.9. The highest BCUT2D eigenvalue weighted by molar-refractivity contribution is 7.17. The van der Waals surface area contributed by atoms with Gasteiger partial charge in [-0.1, -0.05) is 18.2 Å². The number of piperidine rings is 1. The lowest BCUT2D eigenvalue weighted by molar-refractivity contribution is -0.137. The van der Waals surface area contributed by atoms with E-state index in [0.717, 1.165) is 53.5 Å². The average Bonchev–Trinajstić information content (AvgIpc) is 3.13. The number of thiazole rings is 1. The van der Waals surface area contributed by atoms with E-state index in [0.29, 0.717) is 12.3 Å². The molecule has 0 unspecified atom stereocenters. The third-order valence-corrected chi connectivity index (χ3v) is 6.02. The summed E-state index contributed by atoms with van der Waals surface area (Å²) in [5.41, 5.74) is 3.73. The van der Waals surface area contributed by atoms with Crippen LogP contribution in [0.15, 0.2) is 41.9 Å². The van der Waals surface area contributed by atoms with Crippen LogP contribution in [-0.2, 0) is 12.6 Å². The van der Waals surface area contributed by atoms with Crippen molar-refractivity contribution in [3.63, 3.8) is 0 Å². The zero-order valence-corrected chi connectivity index (χ0v) is 15.4. The van der Waals surface area contributed by atoms with E-state index in [1.807, 2.05) is 6.07 Å². The van der Waals surface area contributed by atoms with Crippen LogP contribution in [0, 0.1) is 5.92 Å². The maximum Gasteiger partial charge on any atom is 0.416 e. The number of hydrogen-bond donors (Lipinski definition) is 1. The van der Waals surface area contributed by atoms with Crippen LogP contribution in [0.5, 0.6) is 5.75 Å². The fourth-order valence-electron chi connectivity index (χ4n) is 3.76. The monoisotopic (exact) mass is 392 g/mol. The molecule has 1 N–H and O–H groups in total. The predicted molar refractivity (Wildman–Crippen MR) is 101 cm³/mol. The largest absolute Gasteiger partial charge is 0.506 e. The van der Waals surface area contributed by atoms with Crippen LogP contribution in [0.3, 0.4) is 0 Å². The van der Waals surface area contributed by atoms with Crippen molar-refractivity contribution < 1.29 is 18.3 Å². The minimum atomic E-state index is -4.29. The minimum Gasteiger partial charge on any atom is -0.506 e. The summed E-state index contributed by atoms with van der Waals surface area (Å²) in [4.78, 5) is 6.64. The number of alkyl halides is 3. The Bertz CT molecular complexity index is 946. The van der Waals surface area contributed by atoms with E-state index in [-0.39, 0.29) is 5.75 Å². The molecule has 1 aromatic heterocycles. The molecular formula is C20H19F3N2OS. The van der Waals surface area contributed by atoms with Crippen LogP contribution in [0.2, 0.25) is 0 Å². The molecule has 27 heavy (non-hydrogen) atoms. The number of aromatic nitrogens is 1. The Morgan fingerprint density at radius 2 is 1.93 bits per heavy atom. The molecule has 2 aromatic carbocycles. The van der Waals surface area contributed by atoms with Gasteiger partial charge in [-0.05, 0) is 48.9 Å². The molecule has 142 valence electrons. The first-order valence-electron chi connectivity index (χ1n) is 8.88. The highest BCUT2D eigenvalue weighted by Crippen LogP contribution is 2.37. The highest BCUT2D eigenvalue weighted by Gasteiger charge is 2.30. The Labute approximate surface area is 159 Å². The number of aromatic hydroxyl groups is 1. The van der Waals surface area contributed by atoms with Crippen molar-refractivity contribution in [1.29, 1.82) is 0 Å². The van der Waals surface area contributed by atoms with Crippen molar-refractivity contribution in [2.75, 3.05) is 18.0 Å². The summed E-state index contributed by atoms with van der Waals surface area (Å²) in [7, 11) is 0. The summed E-state index contributed by atoms with van der Waals surface area (Å²) in [5.74, 6) is 0.614. The van der Waals surface area contributed by atoms with Crippen LogP contribution >= 0.6 is 11.3 Å². The van der Waals surface area contributed by atoms with Gasteiger partial charge in [0.2, 0.25) is 0 Å². The summed E-state index contributed by atoms with van der Waals surface area (Å²) < 4.78 is 39.4. The molecule has 0 atom stereocenters. The standard InChI is InChI=1S/C20H19F3N2OS/c21-20(22,23)15-3-1-2-14(11-15)10-13-6-8-25(9-7-13)16-4-5-17(26)19-18(16)24-12-27-19/h1-5,11-13,26H,6-10H2. The number of hydrogen-bond acceptors (Lipinski definition) is 4. The second kappa shape index (κ2) is 7.03. The quantitative estimate of drug-likeness (QED) is 0.641. The van der Waals surface area contributed by atoms with E-state index < -0.39 is 11.7 Å². The van der Waals surface area contributed by atoms with Gasteiger partial charge in [-0.2, -0.15) is 13.2 Å². The van der Waals surface area contributed by atoms with Crippen LogP contribution in [0.25, 0.3) is 10.2 Å². The molecule has 0 radical (unpaired) electrons. The summed E-state index contributed by atoms with van der Waals surface area (Å²) in [6.07, 6.45) is -1.79. The molecule has 1 aliphatic heterocycles. The molecule has 0 saturated carbocycles. The van der Waals surface area contributed by atoms with Crippen molar-refractivity contribution in [3.8, 4) is 5.75 Å². The lowest BCUT2D eigenvalue weighted by Crippen LogP contribution is -2.34. The summed E-state index contributed by atoms with van der Waals surface area (Å²) in [6.45, 7) is 1.67. The van der Waals surface area contributed by atoms with E-state index in [4.69, 9.17) is 0 Å². The molecule has 1 fully saturated rings. The van der Waals surface area contributed by atoms with Crippen molar-refractivity contribution >= 4 is 27.2 Å². The maximum atomic E-state index is 12.9. The van der Waals surface area contributed by atoms with Gasteiger partial charge in [-0.3, -0.25) is 0 Å². The fourth-order valence-corrected chi connectivity index (χ4v) is 4.49. The van der Waals surface area contributed by atoms with Crippen LogP contribution in [0.1, 0.15) is 24.0 Å². The number of benzene rings is 2. The predicted octanol–water partition coefficient (Wildman–Crippen LogP) is 5.48. The third-order valence-electron chi connectivity index (χ3n) is 5.18. The van der Waals surface area contributed by atoms with Gasteiger partial charge in [0.15, 0.2) is 0 Å². The van der Waals surface area contributed by atoms with Gasteiger partial charge < -0.3 is 10.0 Å². The summed E-state index contributed by atoms with van der Waals surface area (Å²) in [6, 6.07) is 9.25. The molecule has 3 nitrogen and oxygen atoms in total. The zero-order chi connectivity index (χ0) is 19.0. The highest BCUT2D eigenvalue weighted by atomic mass is 32.1. The number of halogens is 3. The first kappa shape index (κ1) is 18.1. The van der Waals surface area contributed by atoms with Gasteiger partial charge in [0.1, 0.15) is 11.3 Å². The molecule has 0 aliphatic carbocycles. The molecule has 0 bridgehead atoms. The van der Waals surface area contributed by atoms with Crippen molar-refractivity contribution in [3.05, 3.63) is 53.0 Å². The van der Waals surface area contributed by atoms with Gasteiger partial charge in [0.05, 0.1) is 21.5 Å². The fraction of sp³-hybridized carbons (Fsp3) is 0.350. The van der Waals surface area contributed by atoms with Gasteiger partial charge in [-0.15, -0.1) is 11.3 Å². The lowest BCUT2D eigenvalue weighted by atomic mass is 9.89. The van der Waals surface area contributed by atoms with E-state index in [1.54, 1.807) is 17.6 Å². The van der Waals surface area contributed by atoms with Gasteiger partial charge >= 0.3 is 6.18 Å². The van der Waals surface area contributed by atoms with Crippen LogP contribution < -0.4 is 4.90 Å². The molecule has 1 aliphatic rings. The minimum absolute atomic E-state index is 0.246. The Kier molecular flexibility index (Phi) is 4.72. The number of phenols is 1. The normalized spacial score (nSPS) is 16.2. The molecular weight excluding hydrogens is 373 g/mol. The van der Waals surface area contributed by atoms with Gasteiger partial charge in [-0.25, -0.2) is 4.98 Å². The van der Waals surface area contributed by atoms with E-state index >= 15 is 0 Å². The van der Waals surface area contributed by atoms with Gasteiger partial charge in [0, 0.05) is 13.1 Å². The van der Waals surface area contributed by atoms with E-state index in [1.165, 1.54) is 23.5 Å². The molecule has 0 spiro atoms. The van der Waals surface area contributed by atoms with E-state index in [9.17, 15) is 18.3 Å². The Hall–Kier alpha value is -2.28. The topological polar surface area (TPSA) is 36.4 Å². The van der Waals surface area contributed by atoms with Crippen LogP contribution in [-0.4, -0.2) is 23.2 Å². The second-order valence-corrected chi connectivity index (χ2v) is 7.82. The number of nitrogens with zero attached hydrogens (tertiary/aromatic N) is 2. The van der Waals surface area contributed by atoms with Crippen molar-refractivity contribution in [2.45, 2.75) is 25.4 Å². The number of rotatable bonds is 3. The Morgan fingerprint density at radius 3 is 2.67 bits per heavy atom. The average molecular weight is 392 g/mol. The first-order valence-corrected chi connectivity index (χ1v) is 9.76. The molecule has 1 saturated heterocycles. The first-order chi connectivity index (χ1) is 12.9. The van der Waals surface area contributed by atoms with E-state index in [2.05, 4.69) is 9.88 Å². The number of fused-ring (bicyclic) bond motifs is 1. The lowest BCUT2D eigenvalue weighted by Gasteiger charge is -2.34.